The summed E-state index contributed by atoms with van der Waals surface area (Å²) in [6, 6.07) is 15.6. The molecular weight excluding hydrogens is 811 g/mol. The van der Waals surface area contributed by atoms with E-state index in [1.54, 1.807) is 33.8 Å². The Morgan fingerprint density at radius 2 is 1.02 bits per heavy atom. The molecule has 0 unspecified atom stereocenters. The monoisotopic (exact) mass is 853 g/mol. The standard InChI is InChI=1S/C23H22N8O.C22H21N9O/c32-23-18-6-4-15(10-16(18)11-26-23)19-13-25-21(22-27-14-28-31(19)22)29-17-5-7-20(24-12-17)30-8-2-1-3-9-30;32-21-17-5-4-14(8-15(17)9-24-21)18-12-23-19(20-27-13-28-31(18)20)29-16-10-25-22(26-11-16)30-6-2-1-3-7-30/h4-7,10,12-14H,1-3,8-9,11H2,(H,25,29)(H,26,32);4-5,8,10-13H,1-3,6-7,9H2,(H,23,29)(H,24,32). The van der Waals surface area contributed by atoms with E-state index in [1.165, 1.54) is 51.2 Å². The quantitative estimate of drug-likeness (QED) is 0.144. The van der Waals surface area contributed by atoms with E-state index in [1.807, 2.05) is 54.7 Å². The molecule has 4 N–H and O–H groups in total. The zero-order chi connectivity index (χ0) is 43.0. The zero-order valence-corrected chi connectivity index (χ0v) is 34.8. The number of hydrogen-bond acceptors (Lipinski definition) is 15. The normalized spacial score (nSPS) is 15.6. The number of benzene rings is 2. The average Bonchev–Trinajstić information content (AvgIpc) is 4.19. The maximum Gasteiger partial charge on any atom is 0.251 e. The number of anilines is 6. The van der Waals surface area contributed by atoms with Gasteiger partial charge < -0.3 is 31.1 Å². The topological polar surface area (TPSA) is 214 Å². The van der Waals surface area contributed by atoms with Crippen LogP contribution in [0.5, 0.6) is 0 Å². The van der Waals surface area contributed by atoms with Crippen molar-refractivity contribution < 1.29 is 9.59 Å². The number of nitrogens with one attached hydrogen (secondary N) is 4. The Labute approximate surface area is 366 Å². The lowest BCUT2D eigenvalue weighted by molar-refractivity contribution is 0.0957. The number of pyridine rings is 1. The summed E-state index contributed by atoms with van der Waals surface area (Å²) in [5.41, 5.74) is 9.62. The Morgan fingerprint density at radius 3 is 1.55 bits per heavy atom. The molecule has 4 aliphatic heterocycles. The molecule has 320 valence electrons. The molecule has 12 rings (SSSR count). The molecule has 0 radical (unpaired) electrons. The number of piperidine rings is 2. The van der Waals surface area contributed by atoms with E-state index in [9.17, 15) is 9.59 Å². The summed E-state index contributed by atoms with van der Waals surface area (Å²) in [5, 5.41) is 21.1. The fraction of sp³-hybridized carbons (Fsp3) is 0.267. The van der Waals surface area contributed by atoms with Crippen LogP contribution in [0.15, 0.2) is 92.2 Å². The van der Waals surface area contributed by atoms with Gasteiger partial charge in [-0.05, 0) is 86.1 Å². The van der Waals surface area contributed by atoms with Gasteiger partial charge in [0, 0.05) is 61.5 Å². The Morgan fingerprint density at radius 1 is 0.500 bits per heavy atom. The Bertz CT molecular complexity index is 2820. The van der Waals surface area contributed by atoms with Crippen molar-refractivity contribution in [3.05, 3.63) is 114 Å². The first-order valence-electron chi connectivity index (χ1n) is 21.5. The largest absolute Gasteiger partial charge is 0.357 e. The van der Waals surface area contributed by atoms with Gasteiger partial charge in [-0.15, -0.1) is 0 Å². The Hall–Kier alpha value is -8.09. The van der Waals surface area contributed by atoms with Gasteiger partial charge in [0.15, 0.2) is 22.9 Å². The van der Waals surface area contributed by atoms with Crippen molar-refractivity contribution in [3.63, 3.8) is 0 Å². The van der Waals surface area contributed by atoms with Crippen molar-refractivity contribution in [1.82, 2.24) is 64.7 Å². The molecular formula is C45H43N17O2. The third kappa shape index (κ3) is 7.49. The summed E-state index contributed by atoms with van der Waals surface area (Å²) in [7, 11) is 0. The first-order chi connectivity index (χ1) is 31.5. The molecule has 19 nitrogen and oxygen atoms in total. The number of rotatable bonds is 8. The third-order valence-corrected chi connectivity index (χ3v) is 12.0. The first-order valence-corrected chi connectivity index (χ1v) is 21.5. The van der Waals surface area contributed by atoms with Gasteiger partial charge in [-0.2, -0.15) is 10.2 Å². The lowest BCUT2D eigenvalue weighted by Crippen LogP contribution is -2.30. The average molecular weight is 854 g/mol. The van der Waals surface area contributed by atoms with Crippen LogP contribution in [0.2, 0.25) is 0 Å². The molecule has 64 heavy (non-hydrogen) atoms. The molecule has 10 heterocycles. The fourth-order valence-corrected chi connectivity index (χ4v) is 8.67. The zero-order valence-electron chi connectivity index (χ0n) is 34.8. The van der Waals surface area contributed by atoms with E-state index in [-0.39, 0.29) is 11.8 Å². The minimum Gasteiger partial charge on any atom is -0.357 e. The molecule has 2 saturated heterocycles. The number of carbonyl (C=O) groups is 2. The Balaban J connectivity index is 0.000000143. The van der Waals surface area contributed by atoms with E-state index < -0.39 is 0 Å². The first kappa shape index (κ1) is 38.8. The maximum atomic E-state index is 11.8. The summed E-state index contributed by atoms with van der Waals surface area (Å²) < 4.78 is 3.50. The van der Waals surface area contributed by atoms with Crippen LogP contribution in [0.25, 0.3) is 33.8 Å². The second-order valence-corrected chi connectivity index (χ2v) is 16.1. The summed E-state index contributed by atoms with van der Waals surface area (Å²) in [6.45, 7) is 5.21. The number of nitrogens with zero attached hydrogens (tertiary/aromatic N) is 13. The van der Waals surface area contributed by atoms with Crippen molar-refractivity contribution in [2.45, 2.75) is 51.6 Å². The van der Waals surface area contributed by atoms with Crippen LogP contribution in [-0.2, 0) is 13.1 Å². The van der Waals surface area contributed by atoms with Gasteiger partial charge in [0.1, 0.15) is 18.5 Å². The van der Waals surface area contributed by atoms with Crippen LogP contribution in [-0.4, -0.2) is 92.1 Å². The third-order valence-electron chi connectivity index (χ3n) is 12.0. The Kier molecular flexibility index (Phi) is 10.1. The molecule has 4 aliphatic rings. The van der Waals surface area contributed by atoms with Crippen LogP contribution >= 0.6 is 0 Å². The highest BCUT2D eigenvalue weighted by atomic mass is 16.2. The predicted octanol–water partition coefficient (Wildman–Crippen LogP) is 5.72. The SMILES string of the molecule is O=C1NCc2cc(-c3cnc(Nc4ccc(N5CCCCC5)nc4)c4ncnn34)ccc21.O=C1NCc2cc(-c3cnc(Nc4cnc(N5CCCCC5)nc4)c4ncnn34)ccc21. The maximum absolute atomic E-state index is 11.8. The van der Waals surface area contributed by atoms with Gasteiger partial charge in [0.05, 0.1) is 53.7 Å². The summed E-state index contributed by atoms with van der Waals surface area (Å²) in [4.78, 5) is 59.9. The van der Waals surface area contributed by atoms with E-state index in [0.717, 1.165) is 88.5 Å². The highest BCUT2D eigenvalue weighted by molar-refractivity contribution is 5.99. The smallest absolute Gasteiger partial charge is 0.251 e. The van der Waals surface area contributed by atoms with Crippen molar-refractivity contribution in [2.24, 2.45) is 0 Å². The van der Waals surface area contributed by atoms with E-state index >= 15 is 0 Å². The molecule has 8 aromatic rings. The molecule has 0 saturated carbocycles. The number of hydrogen-bond donors (Lipinski definition) is 4. The van der Waals surface area contributed by atoms with E-state index in [2.05, 4.69) is 76.2 Å². The van der Waals surface area contributed by atoms with Gasteiger partial charge in [-0.25, -0.2) is 43.9 Å². The molecule has 0 atom stereocenters. The molecule has 0 bridgehead atoms. The second-order valence-electron chi connectivity index (χ2n) is 16.1. The van der Waals surface area contributed by atoms with Gasteiger partial charge >= 0.3 is 0 Å². The molecule has 19 heteroatoms. The van der Waals surface area contributed by atoms with Crippen LogP contribution in [0.3, 0.4) is 0 Å². The highest BCUT2D eigenvalue weighted by Crippen LogP contribution is 2.30. The summed E-state index contributed by atoms with van der Waals surface area (Å²) in [5.74, 6) is 2.88. The van der Waals surface area contributed by atoms with E-state index in [0.29, 0.717) is 41.6 Å². The van der Waals surface area contributed by atoms with Crippen LogP contribution in [0.4, 0.5) is 34.8 Å². The molecule has 0 aliphatic carbocycles. The molecule has 0 spiro atoms. The number of carbonyl (C=O) groups excluding carboxylic acids is 2. The van der Waals surface area contributed by atoms with Crippen LogP contribution < -0.4 is 31.1 Å². The molecule has 2 amide bonds. The summed E-state index contributed by atoms with van der Waals surface area (Å²) >= 11 is 0. The van der Waals surface area contributed by atoms with Crippen molar-refractivity contribution in [1.29, 1.82) is 0 Å². The number of fused-ring (bicyclic) bond motifs is 4. The predicted molar refractivity (Wildman–Crippen MR) is 240 cm³/mol. The van der Waals surface area contributed by atoms with Gasteiger partial charge in [-0.1, -0.05) is 12.1 Å². The molecule has 6 aromatic heterocycles. The van der Waals surface area contributed by atoms with Crippen molar-refractivity contribution in [3.8, 4) is 22.5 Å². The second kappa shape index (κ2) is 16.6. The molecule has 2 fully saturated rings. The molecule has 2 aromatic carbocycles. The van der Waals surface area contributed by atoms with Gasteiger partial charge in [-0.3, -0.25) is 9.59 Å². The minimum atomic E-state index is -0.0383. The van der Waals surface area contributed by atoms with Crippen molar-refractivity contribution >= 4 is 57.9 Å². The lowest BCUT2D eigenvalue weighted by Gasteiger charge is -2.27. The van der Waals surface area contributed by atoms with Crippen molar-refractivity contribution in [2.75, 3.05) is 46.6 Å². The minimum absolute atomic E-state index is 0.0324. The lowest BCUT2D eigenvalue weighted by atomic mass is 10.0. The number of amides is 2. The van der Waals surface area contributed by atoms with Gasteiger partial charge in [0.25, 0.3) is 11.8 Å². The van der Waals surface area contributed by atoms with Crippen LogP contribution in [0, 0.1) is 0 Å². The van der Waals surface area contributed by atoms with Crippen LogP contribution in [0.1, 0.15) is 70.4 Å². The highest BCUT2D eigenvalue weighted by Gasteiger charge is 2.23. The summed E-state index contributed by atoms with van der Waals surface area (Å²) in [6.07, 6.45) is 19.3. The van der Waals surface area contributed by atoms with E-state index in [4.69, 9.17) is 0 Å². The number of aromatic nitrogens is 11. The van der Waals surface area contributed by atoms with Gasteiger partial charge in [0.2, 0.25) is 5.95 Å². The fourth-order valence-electron chi connectivity index (χ4n) is 8.67.